The molecule has 0 radical (unpaired) electrons. The number of H-pyrrole nitrogens is 1. The van der Waals surface area contributed by atoms with Crippen LogP contribution in [0, 0.1) is 11.8 Å². The summed E-state index contributed by atoms with van der Waals surface area (Å²) in [5, 5.41) is 4.23. The van der Waals surface area contributed by atoms with Gasteiger partial charge >= 0.3 is 0 Å². The lowest BCUT2D eigenvalue weighted by atomic mass is 9.77. The van der Waals surface area contributed by atoms with E-state index in [0.29, 0.717) is 19.6 Å². The summed E-state index contributed by atoms with van der Waals surface area (Å²) in [6, 6.07) is 11.9. The highest BCUT2D eigenvalue weighted by Crippen LogP contribution is 2.52. The fourth-order valence-electron chi connectivity index (χ4n) is 5.50. The molecule has 1 aromatic carbocycles. The number of hydrogen-bond donors (Lipinski definition) is 2. The number of ether oxygens (including phenoxy) is 1. The number of nitrogens with one attached hydrogen (secondary N) is 2. The van der Waals surface area contributed by atoms with Crippen LogP contribution in [0.25, 0.3) is 10.9 Å². The summed E-state index contributed by atoms with van der Waals surface area (Å²) in [7, 11) is 0. The van der Waals surface area contributed by atoms with Crippen LogP contribution < -0.4 is 5.32 Å². The number of aromatic nitrogens is 2. The summed E-state index contributed by atoms with van der Waals surface area (Å²) in [5.41, 5.74) is 2.59. The lowest BCUT2D eigenvalue weighted by Crippen LogP contribution is -2.44. The molecular weight excluding hydrogens is 404 g/mol. The third-order valence-corrected chi connectivity index (χ3v) is 6.97. The van der Waals surface area contributed by atoms with Gasteiger partial charge in [-0.2, -0.15) is 0 Å². The largest absolute Gasteiger partial charge is 0.361 e. The molecular formula is C25H24N4O3. The van der Waals surface area contributed by atoms with E-state index in [-0.39, 0.29) is 17.9 Å². The van der Waals surface area contributed by atoms with Crippen molar-refractivity contribution in [2.24, 2.45) is 11.8 Å². The summed E-state index contributed by atoms with van der Waals surface area (Å²) in [6.45, 7) is 1.49. The highest BCUT2D eigenvalue weighted by atomic mass is 16.5. The van der Waals surface area contributed by atoms with Gasteiger partial charge in [0.1, 0.15) is 5.60 Å². The number of fused-ring (bicyclic) bond motifs is 2. The van der Waals surface area contributed by atoms with Crippen LogP contribution >= 0.6 is 0 Å². The van der Waals surface area contributed by atoms with Gasteiger partial charge in [0.2, 0.25) is 11.8 Å². The zero-order chi connectivity index (χ0) is 21.7. The smallest absolute Gasteiger partial charge is 0.230 e. The second-order valence-corrected chi connectivity index (χ2v) is 8.85. The lowest BCUT2D eigenvalue weighted by Gasteiger charge is -2.23. The van der Waals surface area contributed by atoms with Crippen molar-refractivity contribution in [1.82, 2.24) is 20.2 Å². The molecule has 3 aliphatic rings. The first-order valence-corrected chi connectivity index (χ1v) is 11.0. The van der Waals surface area contributed by atoms with E-state index in [9.17, 15) is 9.59 Å². The molecule has 0 saturated carbocycles. The number of carbonyl (C=O) groups excluding carboxylic acids is 2. The van der Waals surface area contributed by atoms with Crippen molar-refractivity contribution in [1.29, 1.82) is 0 Å². The zero-order valence-electron chi connectivity index (χ0n) is 17.5. The van der Waals surface area contributed by atoms with Gasteiger partial charge in [0.15, 0.2) is 0 Å². The number of rotatable bonds is 6. The summed E-state index contributed by atoms with van der Waals surface area (Å²) < 4.78 is 6.21. The van der Waals surface area contributed by atoms with E-state index in [2.05, 4.69) is 21.4 Å². The molecule has 6 rings (SSSR count). The fourth-order valence-corrected chi connectivity index (χ4v) is 5.50. The van der Waals surface area contributed by atoms with E-state index in [1.165, 1.54) is 10.9 Å². The summed E-state index contributed by atoms with van der Waals surface area (Å²) in [5.74, 6) is -1.07. The Labute approximate surface area is 185 Å². The Morgan fingerprint density at radius 3 is 2.97 bits per heavy atom. The minimum atomic E-state index is -0.687. The average molecular weight is 428 g/mol. The van der Waals surface area contributed by atoms with Gasteiger partial charge in [-0.3, -0.25) is 14.6 Å². The summed E-state index contributed by atoms with van der Waals surface area (Å²) in [4.78, 5) is 35.6. The minimum absolute atomic E-state index is 0.00885. The first-order chi connectivity index (χ1) is 15.6. The monoisotopic (exact) mass is 428 g/mol. The molecule has 7 nitrogen and oxygen atoms in total. The van der Waals surface area contributed by atoms with E-state index >= 15 is 0 Å². The SMILES string of the molecule is O=C(NCCc1c[nH]c2ccccc12)C1C2C=C[C@]3(CN(Cc4ccncc4)C(=O)C13)O2. The van der Waals surface area contributed by atoms with Crippen LogP contribution in [0.3, 0.4) is 0 Å². The Balaban J connectivity index is 1.15. The minimum Gasteiger partial charge on any atom is -0.361 e. The zero-order valence-corrected chi connectivity index (χ0v) is 17.5. The Bertz CT molecular complexity index is 1220. The number of benzene rings is 1. The topological polar surface area (TPSA) is 87.3 Å². The molecule has 3 aromatic rings. The quantitative estimate of drug-likeness (QED) is 0.590. The molecule has 5 heterocycles. The van der Waals surface area contributed by atoms with Gasteiger partial charge in [0.05, 0.1) is 24.5 Å². The maximum atomic E-state index is 13.3. The first kappa shape index (κ1) is 19.3. The summed E-state index contributed by atoms with van der Waals surface area (Å²) in [6.07, 6.45) is 9.77. The third-order valence-electron chi connectivity index (χ3n) is 6.97. The second kappa shape index (κ2) is 7.31. The van der Waals surface area contributed by atoms with E-state index < -0.39 is 17.4 Å². The van der Waals surface area contributed by atoms with E-state index in [0.717, 1.165) is 17.5 Å². The Kier molecular flexibility index (Phi) is 4.40. The highest BCUT2D eigenvalue weighted by Gasteiger charge is 2.66. The Morgan fingerprint density at radius 1 is 1.25 bits per heavy atom. The molecule has 3 unspecified atom stereocenters. The third kappa shape index (κ3) is 2.96. The number of aromatic amines is 1. The number of para-hydroxylation sites is 1. The molecule has 2 N–H and O–H groups in total. The van der Waals surface area contributed by atoms with Gasteiger partial charge in [0, 0.05) is 42.6 Å². The van der Waals surface area contributed by atoms with Gasteiger partial charge < -0.3 is 19.9 Å². The van der Waals surface area contributed by atoms with Crippen molar-refractivity contribution in [3.63, 3.8) is 0 Å². The fraction of sp³-hybridized carbons (Fsp3) is 0.320. The first-order valence-electron chi connectivity index (χ1n) is 11.0. The molecule has 2 amide bonds. The van der Waals surface area contributed by atoms with Crippen LogP contribution in [0.4, 0.5) is 0 Å². The van der Waals surface area contributed by atoms with Crippen LogP contribution in [0.2, 0.25) is 0 Å². The summed E-state index contributed by atoms with van der Waals surface area (Å²) >= 11 is 0. The maximum absolute atomic E-state index is 13.3. The van der Waals surface area contributed by atoms with Crippen LogP contribution in [0.1, 0.15) is 11.1 Å². The molecule has 2 fully saturated rings. The number of pyridine rings is 1. The lowest BCUT2D eigenvalue weighted by molar-refractivity contribution is -0.137. The van der Waals surface area contributed by atoms with E-state index in [1.54, 1.807) is 17.3 Å². The van der Waals surface area contributed by atoms with Gasteiger partial charge in [-0.1, -0.05) is 30.4 Å². The molecule has 7 heteroatoms. The molecule has 2 aromatic heterocycles. The molecule has 0 aliphatic carbocycles. The molecule has 4 atom stereocenters. The maximum Gasteiger partial charge on any atom is 0.230 e. The standard InChI is InChI=1S/C25H24N4O3/c30-23(27-12-8-17-13-28-19-4-2-1-3-18(17)19)21-20-5-9-25(32-20)15-29(24(31)22(21)25)14-16-6-10-26-11-7-16/h1-7,9-11,13,20-22,28H,8,12,14-15H2,(H,27,30)/t20?,21?,22?,25-/m1/s1. The van der Waals surface area contributed by atoms with Crippen LogP contribution in [-0.4, -0.2) is 51.5 Å². The Hall–Kier alpha value is -3.45. The highest BCUT2D eigenvalue weighted by molar-refractivity contribution is 5.93. The van der Waals surface area contributed by atoms with Crippen molar-refractivity contribution in [2.75, 3.05) is 13.1 Å². The molecule has 2 saturated heterocycles. The number of likely N-dealkylation sites (tertiary alicyclic amines) is 1. The molecule has 1 spiro atoms. The molecule has 162 valence electrons. The van der Waals surface area contributed by atoms with Crippen LogP contribution in [0.5, 0.6) is 0 Å². The van der Waals surface area contributed by atoms with E-state index in [1.807, 2.05) is 48.7 Å². The predicted octanol–water partition coefficient (Wildman–Crippen LogP) is 2.20. The van der Waals surface area contributed by atoms with Gasteiger partial charge in [-0.15, -0.1) is 0 Å². The normalized spacial score (nSPS) is 27.9. The molecule has 3 aliphatic heterocycles. The Morgan fingerprint density at radius 2 is 2.09 bits per heavy atom. The van der Waals surface area contributed by atoms with Crippen molar-refractivity contribution in [3.8, 4) is 0 Å². The van der Waals surface area contributed by atoms with Crippen molar-refractivity contribution in [2.45, 2.75) is 24.7 Å². The number of amides is 2. The van der Waals surface area contributed by atoms with Crippen molar-refractivity contribution >= 4 is 22.7 Å². The number of nitrogens with zero attached hydrogens (tertiary/aromatic N) is 2. The van der Waals surface area contributed by atoms with Crippen molar-refractivity contribution < 1.29 is 14.3 Å². The van der Waals surface area contributed by atoms with Crippen LogP contribution in [0.15, 0.2) is 67.1 Å². The van der Waals surface area contributed by atoms with Crippen LogP contribution in [-0.2, 0) is 27.3 Å². The molecule has 2 bridgehead atoms. The number of carbonyl (C=O) groups is 2. The second-order valence-electron chi connectivity index (χ2n) is 8.85. The predicted molar refractivity (Wildman–Crippen MR) is 118 cm³/mol. The van der Waals surface area contributed by atoms with Gasteiger partial charge in [-0.25, -0.2) is 0 Å². The van der Waals surface area contributed by atoms with Gasteiger partial charge in [-0.05, 0) is 35.7 Å². The molecule has 32 heavy (non-hydrogen) atoms. The van der Waals surface area contributed by atoms with Crippen molar-refractivity contribution in [3.05, 3.63) is 78.3 Å². The van der Waals surface area contributed by atoms with E-state index in [4.69, 9.17) is 4.74 Å². The van der Waals surface area contributed by atoms with Gasteiger partial charge in [0.25, 0.3) is 0 Å². The average Bonchev–Trinajstić information content (AvgIpc) is 3.55. The number of hydrogen-bond acceptors (Lipinski definition) is 4.